The van der Waals surface area contributed by atoms with Crippen LogP contribution in [-0.4, -0.2) is 12.5 Å². The maximum Gasteiger partial charge on any atom is 0.252 e. The van der Waals surface area contributed by atoms with Gasteiger partial charge in [-0.2, -0.15) is 0 Å². The van der Waals surface area contributed by atoms with Crippen LogP contribution in [0.5, 0.6) is 0 Å². The van der Waals surface area contributed by atoms with Gasteiger partial charge in [0.05, 0.1) is 5.56 Å². The smallest absolute Gasteiger partial charge is 0.252 e. The van der Waals surface area contributed by atoms with E-state index in [2.05, 4.69) is 38.7 Å². The van der Waals surface area contributed by atoms with Crippen molar-refractivity contribution in [1.29, 1.82) is 0 Å². The lowest BCUT2D eigenvalue weighted by molar-refractivity contribution is 0.0936. The molecule has 0 unspecified atom stereocenters. The molecule has 1 rings (SSSR count). The van der Waals surface area contributed by atoms with Gasteiger partial charge in [-0.25, -0.2) is 0 Å². The number of carbonyl (C=O) groups excluding carboxylic acids is 1. The number of hydrogen-bond donors (Lipinski definition) is 2. The van der Waals surface area contributed by atoms with Gasteiger partial charge in [0.1, 0.15) is 0 Å². The van der Waals surface area contributed by atoms with Gasteiger partial charge in [0.2, 0.25) is 0 Å². The van der Waals surface area contributed by atoms with Crippen LogP contribution in [-0.2, 0) is 0 Å². The fourth-order valence-electron chi connectivity index (χ4n) is 1.11. The standard InChI is InChI=1S/C12H17NOS/c1-12(2,3)8-13-11(14)9-6-4-5-7-10(9)15/h4-7,15H,8H2,1-3H3,(H,13,14). The molecule has 1 aromatic carbocycles. The van der Waals surface area contributed by atoms with Gasteiger partial charge < -0.3 is 5.32 Å². The molecular formula is C12H17NOS. The summed E-state index contributed by atoms with van der Waals surface area (Å²) in [6.45, 7) is 6.91. The Hall–Kier alpha value is -0.960. The van der Waals surface area contributed by atoms with Gasteiger partial charge in [0, 0.05) is 11.4 Å². The molecule has 0 saturated heterocycles. The highest BCUT2D eigenvalue weighted by Gasteiger charge is 2.13. The highest BCUT2D eigenvalue weighted by atomic mass is 32.1. The molecule has 0 aliphatic rings. The molecule has 2 nitrogen and oxygen atoms in total. The fourth-order valence-corrected chi connectivity index (χ4v) is 1.37. The Balaban J connectivity index is 2.66. The SMILES string of the molecule is CC(C)(C)CNC(=O)c1ccccc1S. The van der Waals surface area contributed by atoms with Gasteiger partial charge in [0.15, 0.2) is 0 Å². The average molecular weight is 223 g/mol. The first kappa shape index (κ1) is 12.1. The molecule has 0 bridgehead atoms. The molecule has 0 aromatic heterocycles. The molecule has 0 fully saturated rings. The fraction of sp³-hybridized carbons (Fsp3) is 0.417. The Morgan fingerprint density at radius 1 is 1.33 bits per heavy atom. The van der Waals surface area contributed by atoms with Crippen LogP contribution < -0.4 is 5.32 Å². The van der Waals surface area contributed by atoms with E-state index in [1.165, 1.54) is 0 Å². The Bertz CT molecular complexity index is 355. The first-order valence-electron chi connectivity index (χ1n) is 4.96. The van der Waals surface area contributed by atoms with Crippen molar-refractivity contribution < 1.29 is 4.79 Å². The molecule has 1 N–H and O–H groups in total. The average Bonchev–Trinajstić information content (AvgIpc) is 2.14. The summed E-state index contributed by atoms with van der Waals surface area (Å²) >= 11 is 4.24. The quantitative estimate of drug-likeness (QED) is 0.742. The summed E-state index contributed by atoms with van der Waals surface area (Å²) in [4.78, 5) is 12.5. The van der Waals surface area contributed by atoms with Crippen molar-refractivity contribution in [3.8, 4) is 0 Å². The van der Waals surface area contributed by atoms with E-state index in [0.29, 0.717) is 17.0 Å². The number of carbonyl (C=O) groups is 1. The zero-order chi connectivity index (χ0) is 11.5. The molecule has 0 aliphatic carbocycles. The topological polar surface area (TPSA) is 29.1 Å². The molecule has 0 radical (unpaired) electrons. The van der Waals surface area contributed by atoms with E-state index < -0.39 is 0 Å². The Kier molecular flexibility index (Phi) is 3.80. The van der Waals surface area contributed by atoms with Gasteiger partial charge >= 0.3 is 0 Å². The minimum absolute atomic E-state index is 0.0597. The molecular weight excluding hydrogens is 206 g/mol. The summed E-state index contributed by atoms with van der Waals surface area (Å²) in [6.07, 6.45) is 0. The minimum Gasteiger partial charge on any atom is -0.351 e. The van der Waals surface area contributed by atoms with Crippen molar-refractivity contribution in [3.63, 3.8) is 0 Å². The van der Waals surface area contributed by atoms with Gasteiger partial charge in [-0.3, -0.25) is 4.79 Å². The van der Waals surface area contributed by atoms with Crippen molar-refractivity contribution >= 4 is 18.5 Å². The van der Waals surface area contributed by atoms with Crippen molar-refractivity contribution in [3.05, 3.63) is 29.8 Å². The third-order valence-electron chi connectivity index (χ3n) is 1.93. The van der Waals surface area contributed by atoms with Crippen LogP contribution in [0.25, 0.3) is 0 Å². The largest absolute Gasteiger partial charge is 0.351 e. The number of thiol groups is 1. The van der Waals surface area contributed by atoms with Crippen LogP contribution in [0.2, 0.25) is 0 Å². The van der Waals surface area contributed by atoms with Gasteiger partial charge in [0.25, 0.3) is 5.91 Å². The number of hydrogen-bond acceptors (Lipinski definition) is 2. The van der Waals surface area contributed by atoms with Crippen LogP contribution >= 0.6 is 12.6 Å². The summed E-state index contributed by atoms with van der Waals surface area (Å²) in [5.41, 5.74) is 0.728. The van der Waals surface area contributed by atoms with Crippen LogP contribution in [0.4, 0.5) is 0 Å². The Labute approximate surface area is 96.5 Å². The van der Waals surface area contributed by atoms with Crippen LogP contribution in [0.1, 0.15) is 31.1 Å². The maximum atomic E-state index is 11.8. The van der Waals surface area contributed by atoms with Crippen LogP contribution in [0.15, 0.2) is 29.2 Å². The first-order valence-corrected chi connectivity index (χ1v) is 5.41. The van der Waals surface area contributed by atoms with E-state index >= 15 is 0 Å². The molecule has 3 heteroatoms. The van der Waals surface area contributed by atoms with Gasteiger partial charge in [-0.15, -0.1) is 12.6 Å². The molecule has 15 heavy (non-hydrogen) atoms. The summed E-state index contributed by atoms with van der Waals surface area (Å²) in [7, 11) is 0. The van der Waals surface area contributed by atoms with Gasteiger partial charge in [-0.1, -0.05) is 32.9 Å². The van der Waals surface area contributed by atoms with E-state index in [-0.39, 0.29) is 11.3 Å². The van der Waals surface area contributed by atoms with Crippen molar-refractivity contribution in [2.45, 2.75) is 25.7 Å². The molecule has 1 amide bonds. The van der Waals surface area contributed by atoms with Crippen LogP contribution in [0, 0.1) is 5.41 Å². The highest BCUT2D eigenvalue weighted by Crippen LogP contribution is 2.14. The maximum absolute atomic E-state index is 11.8. The predicted octanol–water partition coefficient (Wildman–Crippen LogP) is 2.75. The second-order valence-corrected chi connectivity index (χ2v) is 5.24. The Morgan fingerprint density at radius 3 is 2.47 bits per heavy atom. The first-order chi connectivity index (χ1) is 6.90. The van der Waals surface area contributed by atoms with Crippen molar-refractivity contribution in [2.75, 3.05) is 6.54 Å². The molecule has 0 heterocycles. The Morgan fingerprint density at radius 2 is 1.93 bits per heavy atom. The van der Waals surface area contributed by atoms with E-state index in [9.17, 15) is 4.79 Å². The molecule has 1 aromatic rings. The lowest BCUT2D eigenvalue weighted by Gasteiger charge is -2.18. The number of nitrogens with one attached hydrogen (secondary N) is 1. The zero-order valence-electron chi connectivity index (χ0n) is 9.37. The lowest BCUT2D eigenvalue weighted by Crippen LogP contribution is -2.32. The van der Waals surface area contributed by atoms with E-state index in [1.54, 1.807) is 6.07 Å². The summed E-state index contributed by atoms with van der Waals surface area (Å²) in [5.74, 6) is -0.0597. The number of benzene rings is 1. The summed E-state index contributed by atoms with van der Waals surface area (Å²) < 4.78 is 0. The zero-order valence-corrected chi connectivity index (χ0v) is 10.3. The predicted molar refractivity (Wildman–Crippen MR) is 65.5 cm³/mol. The van der Waals surface area contributed by atoms with Crippen molar-refractivity contribution in [2.24, 2.45) is 5.41 Å². The second-order valence-electron chi connectivity index (χ2n) is 4.76. The third-order valence-corrected chi connectivity index (χ3v) is 2.32. The van der Waals surface area contributed by atoms with Crippen molar-refractivity contribution in [1.82, 2.24) is 5.32 Å². The summed E-state index contributed by atoms with van der Waals surface area (Å²) in [6, 6.07) is 7.30. The number of rotatable bonds is 2. The number of amides is 1. The monoisotopic (exact) mass is 223 g/mol. The lowest BCUT2D eigenvalue weighted by atomic mass is 9.97. The van der Waals surface area contributed by atoms with Gasteiger partial charge in [-0.05, 0) is 17.5 Å². The minimum atomic E-state index is -0.0597. The molecule has 0 spiro atoms. The summed E-state index contributed by atoms with van der Waals surface area (Å²) in [5, 5.41) is 2.89. The molecule has 0 atom stereocenters. The van der Waals surface area contributed by atoms with E-state index in [4.69, 9.17) is 0 Å². The highest BCUT2D eigenvalue weighted by molar-refractivity contribution is 7.80. The van der Waals surface area contributed by atoms with E-state index in [1.807, 2.05) is 18.2 Å². The molecule has 0 saturated carbocycles. The third kappa shape index (κ3) is 3.96. The molecule has 82 valence electrons. The van der Waals surface area contributed by atoms with Crippen LogP contribution in [0.3, 0.4) is 0 Å². The van der Waals surface area contributed by atoms with E-state index in [0.717, 1.165) is 0 Å². The molecule has 0 aliphatic heterocycles. The second kappa shape index (κ2) is 4.71. The normalized spacial score (nSPS) is 11.2.